The summed E-state index contributed by atoms with van der Waals surface area (Å²) in [5.74, 6) is 0.629. The van der Waals surface area contributed by atoms with Crippen molar-refractivity contribution in [2.75, 3.05) is 27.4 Å². The van der Waals surface area contributed by atoms with Gasteiger partial charge in [-0.05, 0) is 36.5 Å². The Kier molecular flexibility index (Phi) is 9.49. The van der Waals surface area contributed by atoms with Crippen molar-refractivity contribution in [2.45, 2.75) is 52.9 Å². The maximum atomic E-state index is 12.2. The average molecular weight is 366 g/mol. The Morgan fingerprint density at radius 2 is 1.88 bits per heavy atom. The predicted octanol–water partition coefficient (Wildman–Crippen LogP) is 4.57. The second kappa shape index (κ2) is 11.1. The molecule has 0 saturated carbocycles. The van der Waals surface area contributed by atoms with Crippen molar-refractivity contribution in [3.05, 3.63) is 23.8 Å². The highest BCUT2D eigenvalue weighted by molar-refractivity contribution is 5.75. The topological polar surface area (TPSA) is 65.0 Å². The van der Waals surface area contributed by atoms with Crippen molar-refractivity contribution < 1.29 is 24.1 Å². The van der Waals surface area contributed by atoms with E-state index in [2.05, 4.69) is 6.92 Å². The van der Waals surface area contributed by atoms with Crippen LogP contribution in [0.4, 0.5) is 0 Å². The zero-order chi connectivity index (χ0) is 19.6. The highest BCUT2D eigenvalue weighted by atomic mass is 16.5. The molecule has 0 fully saturated rings. The Morgan fingerprint density at radius 1 is 1.15 bits per heavy atom. The van der Waals surface area contributed by atoms with E-state index in [1.165, 1.54) is 0 Å². The maximum Gasteiger partial charge on any atom is 0.310 e. The Labute approximate surface area is 157 Å². The molecule has 0 heterocycles. The molecule has 0 amide bonds. The van der Waals surface area contributed by atoms with Crippen LogP contribution in [-0.2, 0) is 16.0 Å². The average Bonchev–Trinajstić information content (AvgIpc) is 2.62. The summed E-state index contributed by atoms with van der Waals surface area (Å²) in [5, 5.41) is 9.98. The van der Waals surface area contributed by atoms with E-state index < -0.39 is 11.4 Å². The molecule has 1 rings (SSSR count). The van der Waals surface area contributed by atoms with Gasteiger partial charge in [0.15, 0.2) is 11.5 Å². The second-order valence-corrected chi connectivity index (χ2v) is 7.08. The molecule has 1 unspecified atom stereocenters. The normalized spacial score (nSPS) is 13.5. The number of carbonyl (C=O) groups is 1. The van der Waals surface area contributed by atoms with Crippen LogP contribution in [0.2, 0.25) is 0 Å². The molecule has 0 aliphatic carbocycles. The molecule has 1 aromatic carbocycles. The molecule has 0 saturated heterocycles. The third-order valence-corrected chi connectivity index (χ3v) is 5.01. The molecule has 0 aliphatic rings. The van der Waals surface area contributed by atoms with Gasteiger partial charge in [-0.2, -0.15) is 0 Å². The number of ether oxygens (including phenoxy) is 3. The molecule has 148 valence electrons. The molecule has 0 aromatic heterocycles. The molecule has 5 nitrogen and oxygen atoms in total. The Hall–Kier alpha value is -1.75. The number of unbranched alkanes of at least 4 members (excludes halogenated alkanes) is 1. The molecule has 0 bridgehead atoms. The molecule has 5 heteroatoms. The van der Waals surface area contributed by atoms with E-state index in [9.17, 15) is 9.90 Å². The van der Waals surface area contributed by atoms with E-state index in [1.807, 2.05) is 32.0 Å². The zero-order valence-corrected chi connectivity index (χ0v) is 16.8. The molecule has 26 heavy (non-hydrogen) atoms. The number of benzene rings is 1. The number of hydrogen-bond donors (Lipinski definition) is 1. The van der Waals surface area contributed by atoms with Gasteiger partial charge in [0.1, 0.15) is 0 Å². The predicted molar refractivity (Wildman–Crippen MR) is 103 cm³/mol. The summed E-state index contributed by atoms with van der Waals surface area (Å²) in [6.07, 6.45) is 3.83. The monoisotopic (exact) mass is 366 g/mol. The van der Waals surface area contributed by atoms with Crippen molar-refractivity contribution >= 4 is 5.97 Å². The molecule has 0 aliphatic heterocycles. The van der Waals surface area contributed by atoms with Gasteiger partial charge in [0.2, 0.25) is 0 Å². The van der Waals surface area contributed by atoms with E-state index in [1.54, 1.807) is 14.2 Å². The fourth-order valence-corrected chi connectivity index (χ4v) is 3.20. The van der Waals surface area contributed by atoms with Crippen LogP contribution in [0, 0.1) is 11.3 Å². The van der Waals surface area contributed by atoms with Crippen molar-refractivity contribution in [1.29, 1.82) is 0 Å². The van der Waals surface area contributed by atoms with E-state index in [4.69, 9.17) is 14.2 Å². The van der Waals surface area contributed by atoms with Crippen LogP contribution in [0.5, 0.6) is 11.5 Å². The minimum absolute atomic E-state index is 0.0414. The van der Waals surface area contributed by atoms with Gasteiger partial charge in [0, 0.05) is 20.1 Å². The molecule has 1 aromatic rings. The molecular weight excluding hydrogens is 332 g/mol. The SMILES string of the molecule is CCCCC(Cc1ccc(OC)c(OCCCOC)c1)(C(=O)O)C(C)C. The van der Waals surface area contributed by atoms with Gasteiger partial charge in [-0.25, -0.2) is 0 Å². The van der Waals surface area contributed by atoms with Gasteiger partial charge in [0.05, 0.1) is 19.1 Å². The summed E-state index contributed by atoms with van der Waals surface area (Å²) in [6.45, 7) is 7.24. The summed E-state index contributed by atoms with van der Waals surface area (Å²) in [7, 11) is 3.27. The standard InChI is InChI=1S/C21H34O5/c1-6-7-11-21(16(2)3,20(22)23)15-17-9-10-18(25-5)19(14-17)26-13-8-12-24-4/h9-10,14,16H,6-8,11-13,15H2,1-5H3,(H,22,23). The lowest BCUT2D eigenvalue weighted by Crippen LogP contribution is -2.38. The van der Waals surface area contributed by atoms with Crippen molar-refractivity contribution in [3.8, 4) is 11.5 Å². The molecule has 1 atom stereocenters. The third kappa shape index (κ3) is 5.90. The minimum atomic E-state index is -0.766. The van der Waals surface area contributed by atoms with Gasteiger partial charge < -0.3 is 19.3 Å². The zero-order valence-electron chi connectivity index (χ0n) is 16.8. The van der Waals surface area contributed by atoms with Crippen LogP contribution in [0.15, 0.2) is 18.2 Å². The fraction of sp³-hybridized carbons (Fsp3) is 0.667. The summed E-state index contributed by atoms with van der Waals surface area (Å²) in [6, 6.07) is 5.71. The summed E-state index contributed by atoms with van der Waals surface area (Å²) >= 11 is 0. The number of hydrogen-bond acceptors (Lipinski definition) is 4. The van der Waals surface area contributed by atoms with Crippen LogP contribution < -0.4 is 9.47 Å². The smallest absolute Gasteiger partial charge is 0.310 e. The Morgan fingerprint density at radius 3 is 2.42 bits per heavy atom. The number of methoxy groups -OCH3 is 2. The fourth-order valence-electron chi connectivity index (χ4n) is 3.20. The Bertz CT molecular complexity index is 555. The van der Waals surface area contributed by atoms with Crippen molar-refractivity contribution in [2.24, 2.45) is 11.3 Å². The van der Waals surface area contributed by atoms with E-state index >= 15 is 0 Å². The van der Waals surface area contributed by atoms with E-state index in [-0.39, 0.29) is 5.92 Å². The third-order valence-electron chi connectivity index (χ3n) is 5.01. The number of rotatable bonds is 13. The number of aliphatic carboxylic acids is 1. The lowest BCUT2D eigenvalue weighted by Gasteiger charge is -2.34. The minimum Gasteiger partial charge on any atom is -0.493 e. The van der Waals surface area contributed by atoms with Crippen LogP contribution in [0.3, 0.4) is 0 Å². The first-order valence-corrected chi connectivity index (χ1v) is 9.43. The first-order chi connectivity index (χ1) is 12.4. The molecular formula is C21H34O5. The maximum absolute atomic E-state index is 12.2. The summed E-state index contributed by atoms with van der Waals surface area (Å²) in [4.78, 5) is 12.2. The van der Waals surface area contributed by atoms with Crippen molar-refractivity contribution in [3.63, 3.8) is 0 Å². The molecule has 1 N–H and O–H groups in total. The van der Waals surface area contributed by atoms with Gasteiger partial charge >= 0.3 is 5.97 Å². The van der Waals surface area contributed by atoms with Crippen LogP contribution in [0.1, 0.15) is 52.0 Å². The first-order valence-electron chi connectivity index (χ1n) is 9.43. The highest BCUT2D eigenvalue weighted by Gasteiger charge is 2.41. The van der Waals surface area contributed by atoms with Crippen LogP contribution in [-0.4, -0.2) is 38.5 Å². The van der Waals surface area contributed by atoms with Crippen LogP contribution in [0.25, 0.3) is 0 Å². The Balaban J connectivity index is 3.05. The van der Waals surface area contributed by atoms with Crippen LogP contribution >= 0.6 is 0 Å². The van der Waals surface area contributed by atoms with E-state index in [0.29, 0.717) is 37.6 Å². The van der Waals surface area contributed by atoms with Gasteiger partial charge in [-0.1, -0.05) is 39.7 Å². The van der Waals surface area contributed by atoms with Crippen molar-refractivity contribution in [1.82, 2.24) is 0 Å². The number of carboxylic acid groups (broad SMARTS) is 1. The van der Waals surface area contributed by atoms with Gasteiger partial charge in [0.25, 0.3) is 0 Å². The van der Waals surface area contributed by atoms with E-state index in [0.717, 1.165) is 24.8 Å². The first kappa shape index (κ1) is 22.3. The molecule has 0 radical (unpaired) electrons. The lowest BCUT2D eigenvalue weighted by atomic mass is 9.69. The lowest BCUT2D eigenvalue weighted by molar-refractivity contribution is -0.152. The largest absolute Gasteiger partial charge is 0.493 e. The van der Waals surface area contributed by atoms with Gasteiger partial charge in [-0.3, -0.25) is 4.79 Å². The summed E-state index contributed by atoms with van der Waals surface area (Å²) < 4.78 is 16.2. The quantitative estimate of drug-likeness (QED) is 0.518. The highest BCUT2D eigenvalue weighted by Crippen LogP contribution is 2.39. The van der Waals surface area contributed by atoms with Gasteiger partial charge in [-0.15, -0.1) is 0 Å². The molecule has 0 spiro atoms. The summed E-state index contributed by atoms with van der Waals surface area (Å²) in [5.41, 5.74) is 0.192. The number of carboxylic acids is 1. The second-order valence-electron chi connectivity index (χ2n) is 7.08.